The average Bonchev–Trinajstić information content (AvgIpc) is 2.76. The van der Waals surface area contributed by atoms with Gasteiger partial charge < -0.3 is 35.3 Å². The number of nitrogens with one attached hydrogen (secondary N) is 2. The van der Waals surface area contributed by atoms with Crippen molar-refractivity contribution in [3.05, 3.63) is 22.8 Å². The van der Waals surface area contributed by atoms with E-state index < -0.39 is 56.9 Å². The lowest BCUT2D eigenvalue weighted by molar-refractivity contribution is -0.478. The zero-order valence-corrected chi connectivity index (χ0v) is 21.3. The van der Waals surface area contributed by atoms with Crippen molar-refractivity contribution in [1.29, 1.82) is 0 Å². The van der Waals surface area contributed by atoms with E-state index in [2.05, 4.69) is 29.0 Å². The number of aryl methyl sites for hydroxylation is 1. The fourth-order valence-electron chi connectivity index (χ4n) is 5.27. The van der Waals surface area contributed by atoms with Crippen LogP contribution in [0, 0.1) is 13.8 Å². The van der Waals surface area contributed by atoms with E-state index in [1.165, 1.54) is 0 Å². The summed E-state index contributed by atoms with van der Waals surface area (Å²) >= 11 is 0. The van der Waals surface area contributed by atoms with E-state index in [1.54, 1.807) is 4.90 Å². The number of fused-ring (bicyclic) bond motifs is 2. The second kappa shape index (κ2) is 9.18. The molecule has 0 saturated carbocycles. The number of aliphatic hydroxyl groups excluding tert-OH is 3. The monoisotopic (exact) mass is 527 g/mol. The fraction of sp³-hybridized carbons (Fsp3) is 0.591. The van der Waals surface area contributed by atoms with Crippen LogP contribution in [-0.2, 0) is 19.3 Å². The number of nitrogens with zero attached hydrogens (tertiary/aromatic N) is 2. The SMILES string of the molecule is Cc1cc2c3c(c1C)C(C)(C)CC=[N+]3C1C(=O)NC(=O)NC1N2C[C@H](O)[C@H](O)[C@H](O)COP(=O)(O)O. The molecule has 36 heavy (non-hydrogen) atoms. The molecule has 0 bridgehead atoms. The highest BCUT2D eigenvalue weighted by Gasteiger charge is 2.55. The van der Waals surface area contributed by atoms with Gasteiger partial charge in [-0.25, -0.2) is 9.36 Å². The molecule has 0 aromatic heterocycles. The van der Waals surface area contributed by atoms with E-state index in [1.807, 2.05) is 30.7 Å². The lowest BCUT2D eigenvalue weighted by Crippen LogP contribution is -2.72. The molecule has 1 aromatic carbocycles. The Labute approximate surface area is 207 Å². The van der Waals surface area contributed by atoms with Gasteiger partial charge in [0.2, 0.25) is 5.69 Å². The van der Waals surface area contributed by atoms with E-state index in [0.29, 0.717) is 12.1 Å². The summed E-state index contributed by atoms with van der Waals surface area (Å²) in [5.41, 5.74) is 4.16. The quantitative estimate of drug-likeness (QED) is 0.175. The second-order valence-corrected chi connectivity index (χ2v) is 11.4. The first-order valence-corrected chi connectivity index (χ1v) is 13.0. The lowest BCUT2D eigenvalue weighted by Gasteiger charge is -2.46. The van der Waals surface area contributed by atoms with Gasteiger partial charge >= 0.3 is 19.8 Å². The molecule has 7 N–H and O–H groups in total. The van der Waals surface area contributed by atoms with Crippen molar-refractivity contribution in [1.82, 2.24) is 10.6 Å². The van der Waals surface area contributed by atoms with E-state index >= 15 is 0 Å². The van der Waals surface area contributed by atoms with E-state index in [9.17, 15) is 29.5 Å². The first kappa shape index (κ1) is 26.7. The summed E-state index contributed by atoms with van der Waals surface area (Å²) in [7, 11) is -4.90. The molecule has 13 nitrogen and oxygen atoms in total. The van der Waals surface area contributed by atoms with Crippen LogP contribution in [0.1, 0.15) is 37.0 Å². The summed E-state index contributed by atoms with van der Waals surface area (Å²) in [6.07, 6.45) is -3.60. The number of hydrogen-bond donors (Lipinski definition) is 7. The largest absolute Gasteiger partial charge is 0.469 e. The molecule has 0 radical (unpaired) electrons. The predicted octanol–water partition coefficient (Wildman–Crippen LogP) is -0.754. The van der Waals surface area contributed by atoms with Crippen molar-refractivity contribution >= 4 is 37.4 Å². The number of urea groups is 1. The van der Waals surface area contributed by atoms with Crippen molar-refractivity contribution in [3.8, 4) is 0 Å². The standard InChI is InChI=1S/C22H31N4O9P/c1-10-7-12-16-15(11(10)2)22(3,4)5-6-25(16)17-19(23-21(31)24-20(17)30)26(12)8-13(27)18(29)14(28)9-35-36(32,33)34/h6-7,13-14,17-19,27-29H,5,8-9H2,1-4H3,(H3-,23,24,30,31,32,33,34)/p+1/t13-,14+,17?,18-,19?/m0/s1. The molecular formula is C22H32N4O9P+. The van der Waals surface area contributed by atoms with Gasteiger partial charge in [-0.1, -0.05) is 13.8 Å². The summed E-state index contributed by atoms with van der Waals surface area (Å²) in [6.45, 7) is 6.91. The molecule has 2 unspecified atom stereocenters. The third-order valence-corrected chi connectivity index (χ3v) is 7.63. The minimum absolute atomic E-state index is 0.266. The molecule has 5 atom stereocenters. The van der Waals surface area contributed by atoms with E-state index in [4.69, 9.17) is 9.79 Å². The summed E-state index contributed by atoms with van der Waals surface area (Å²) < 4.78 is 17.0. The van der Waals surface area contributed by atoms with Gasteiger partial charge in [-0.15, -0.1) is 0 Å². The van der Waals surface area contributed by atoms with Gasteiger partial charge in [-0.2, -0.15) is 4.58 Å². The molecular weight excluding hydrogens is 495 g/mol. The highest BCUT2D eigenvalue weighted by Crippen LogP contribution is 2.49. The molecule has 0 spiro atoms. The van der Waals surface area contributed by atoms with Crippen LogP contribution in [0.4, 0.5) is 16.2 Å². The van der Waals surface area contributed by atoms with Gasteiger partial charge in [0.05, 0.1) is 6.61 Å². The summed E-state index contributed by atoms with van der Waals surface area (Å²) in [5.74, 6) is -0.523. The highest BCUT2D eigenvalue weighted by atomic mass is 31.2. The van der Waals surface area contributed by atoms with Gasteiger partial charge in [0.25, 0.3) is 6.04 Å². The Morgan fingerprint density at radius 3 is 2.53 bits per heavy atom. The van der Waals surface area contributed by atoms with Crippen molar-refractivity contribution < 1.29 is 48.4 Å². The summed E-state index contributed by atoms with van der Waals surface area (Å²) in [5, 5.41) is 36.4. The maximum atomic E-state index is 13.0. The number of aliphatic hydroxyl groups is 3. The van der Waals surface area contributed by atoms with Gasteiger partial charge in [0.1, 0.15) is 30.2 Å². The normalized spacial score (nSPS) is 25.1. The topological polar surface area (TPSA) is 192 Å². The molecule has 14 heteroatoms. The van der Waals surface area contributed by atoms with Gasteiger partial charge in [0, 0.05) is 23.9 Å². The number of hydrogen-bond acceptors (Lipinski definition) is 8. The van der Waals surface area contributed by atoms with Crippen LogP contribution in [0.5, 0.6) is 0 Å². The molecule has 3 aliphatic rings. The number of rotatable bonds is 7. The van der Waals surface area contributed by atoms with Crippen molar-refractivity contribution in [2.45, 2.75) is 70.1 Å². The van der Waals surface area contributed by atoms with Crippen molar-refractivity contribution in [3.63, 3.8) is 0 Å². The lowest BCUT2D eigenvalue weighted by atomic mass is 9.74. The third kappa shape index (κ3) is 4.68. The Kier molecular flexibility index (Phi) is 6.80. The number of benzene rings is 1. The first-order valence-electron chi connectivity index (χ1n) is 11.5. The van der Waals surface area contributed by atoms with Gasteiger partial charge in [0.15, 0.2) is 6.17 Å². The Hall–Kier alpha value is -2.38. The Balaban J connectivity index is 1.77. The number of phosphoric ester groups is 1. The highest BCUT2D eigenvalue weighted by molar-refractivity contribution is 7.46. The zero-order chi connectivity index (χ0) is 26.7. The molecule has 3 aliphatic heterocycles. The van der Waals surface area contributed by atoms with E-state index in [0.717, 1.165) is 22.4 Å². The zero-order valence-electron chi connectivity index (χ0n) is 20.4. The van der Waals surface area contributed by atoms with Crippen LogP contribution in [0.3, 0.4) is 0 Å². The minimum atomic E-state index is -4.90. The average molecular weight is 527 g/mol. The van der Waals surface area contributed by atoms with Crippen LogP contribution in [0.15, 0.2) is 6.07 Å². The summed E-state index contributed by atoms with van der Waals surface area (Å²) in [4.78, 5) is 44.6. The first-order chi connectivity index (χ1) is 16.6. The summed E-state index contributed by atoms with van der Waals surface area (Å²) in [6, 6.07) is 0.318. The van der Waals surface area contributed by atoms with Crippen LogP contribution < -0.4 is 15.5 Å². The fourth-order valence-corrected chi connectivity index (χ4v) is 5.62. The minimum Gasteiger partial charge on any atom is -0.388 e. The molecule has 198 valence electrons. The predicted molar refractivity (Wildman–Crippen MR) is 127 cm³/mol. The number of amides is 3. The Bertz CT molecular complexity index is 1180. The smallest absolute Gasteiger partial charge is 0.388 e. The van der Waals surface area contributed by atoms with Crippen LogP contribution in [-0.4, -0.2) is 91.5 Å². The van der Waals surface area contributed by atoms with Crippen LogP contribution in [0.2, 0.25) is 0 Å². The number of carbonyl (C=O) groups is 2. The number of phosphoric acid groups is 1. The molecule has 3 amide bonds. The number of anilines is 1. The maximum absolute atomic E-state index is 13.0. The molecule has 4 rings (SSSR count). The molecule has 0 aliphatic carbocycles. The molecule has 1 fully saturated rings. The van der Waals surface area contributed by atoms with E-state index in [-0.39, 0.29) is 12.0 Å². The molecule has 3 heterocycles. The number of carbonyl (C=O) groups excluding carboxylic acids is 2. The Morgan fingerprint density at radius 1 is 1.22 bits per heavy atom. The second-order valence-electron chi connectivity index (χ2n) is 10.2. The number of imide groups is 1. The van der Waals surface area contributed by atoms with Crippen LogP contribution in [0.25, 0.3) is 0 Å². The van der Waals surface area contributed by atoms with Crippen molar-refractivity contribution in [2.75, 3.05) is 18.1 Å². The number of β-amino-alcohol motifs (C(OH)–C–C–N with tert-alkyl or cyclic N) is 1. The van der Waals surface area contributed by atoms with Crippen LogP contribution >= 0.6 is 7.82 Å². The third-order valence-electron chi connectivity index (χ3n) is 7.15. The molecule has 1 aromatic rings. The van der Waals surface area contributed by atoms with Crippen molar-refractivity contribution in [2.24, 2.45) is 0 Å². The molecule has 1 saturated heterocycles. The maximum Gasteiger partial charge on any atom is 0.469 e. The van der Waals surface area contributed by atoms with Gasteiger partial charge in [-0.05, 0) is 31.0 Å². The van der Waals surface area contributed by atoms with Gasteiger partial charge in [-0.3, -0.25) is 14.6 Å². The Morgan fingerprint density at radius 2 is 1.89 bits per heavy atom.